The molecule has 1 fully saturated rings. The highest BCUT2D eigenvalue weighted by molar-refractivity contribution is 5.26. The second-order valence-corrected chi connectivity index (χ2v) is 3.15. The second-order valence-electron chi connectivity index (χ2n) is 3.15. The van der Waals surface area contributed by atoms with E-state index in [9.17, 15) is 0 Å². The minimum atomic E-state index is 0.741. The lowest BCUT2D eigenvalue weighted by Gasteiger charge is -2.20. The first-order valence-electron chi connectivity index (χ1n) is 3.94. The third-order valence-electron chi connectivity index (χ3n) is 2.52. The molecule has 1 aliphatic heterocycles. The van der Waals surface area contributed by atoms with Gasteiger partial charge in [0.1, 0.15) is 0 Å². The van der Waals surface area contributed by atoms with Gasteiger partial charge in [0.05, 0.1) is 0 Å². The van der Waals surface area contributed by atoms with Crippen molar-refractivity contribution < 1.29 is 0 Å². The summed E-state index contributed by atoms with van der Waals surface area (Å²) < 4.78 is 0. The maximum atomic E-state index is 2.44. The third-order valence-corrected chi connectivity index (χ3v) is 2.52. The molecule has 1 heterocycles. The average molecular weight is 135 g/mol. The largest absolute Gasteiger partial charge is 0.299 e. The summed E-state index contributed by atoms with van der Waals surface area (Å²) in [7, 11) is 2.21. The summed E-state index contributed by atoms with van der Waals surface area (Å²) in [5, 5.41) is 0. The first-order chi connectivity index (χ1) is 4.88. The third kappa shape index (κ3) is 0.816. The van der Waals surface area contributed by atoms with E-state index in [2.05, 4.69) is 30.2 Å². The summed E-state index contributed by atoms with van der Waals surface area (Å²) >= 11 is 0. The van der Waals surface area contributed by atoms with Crippen LogP contribution in [0, 0.1) is 0 Å². The Bertz CT molecular complexity index is 191. The van der Waals surface area contributed by atoms with E-state index in [1.165, 1.54) is 19.4 Å². The first kappa shape index (κ1) is 6.17. The normalized spacial score (nSPS) is 32.1. The van der Waals surface area contributed by atoms with Crippen molar-refractivity contribution in [2.45, 2.75) is 18.9 Å². The van der Waals surface area contributed by atoms with Gasteiger partial charge in [-0.2, -0.15) is 0 Å². The van der Waals surface area contributed by atoms with Crippen LogP contribution in [0.25, 0.3) is 0 Å². The van der Waals surface area contributed by atoms with E-state index < -0.39 is 0 Å². The Labute approximate surface area is 62.0 Å². The quantitative estimate of drug-likeness (QED) is 0.487. The van der Waals surface area contributed by atoms with Crippen LogP contribution >= 0.6 is 0 Å². The number of hydrogen-bond donors (Lipinski definition) is 0. The highest BCUT2D eigenvalue weighted by Crippen LogP contribution is 2.27. The Morgan fingerprint density at radius 3 is 3.30 bits per heavy atom. The Morgan fingerprint density at radius 2 is 2.50 bits per heavy atom. The van der Waals surface area contributed by atoms with Crippen molar-refractivity contribution in [2.24, 2.45) is 0 Å². The van der Waals surface area contributed by atoms with Crippen LogP contribution in [0.3, 0.4) is 0 Å². The number of hydrogen-bond acceptors (Lipinski definition) is 1. The Morgan fingerprint density at radius 1 is 1.60 bits per heavy atom. The van der Waals surface area contributed by atoms with Crippen molar-refractivity contribution in [3.63, 3.8) is 0 Å². The molecular weight excluding hydrogens is 122 g/mol. The van der Waals surface area contributed by atoms with E-state index in [0.717, 1.165) is 6.04 Å². The molecule has 0 aromatic carbocycles. The van der Waals surface area contributed by atoms with Crippen molar-refractivity contribution >= 4 is 0 Å². The molecule has 0 radical (unpaired) electrons. The fraction of sp³-hybridized carbons (Fsp3) is 0.556. The maximum absolute atomic E-state index is 2.44. The average Bonchev–Trinajstić information content (AvgIpc) is 2.34. The summed E-state index contributed by atoms with van der Waals surface area (Å²) in [6, 6.07) is 0.741. The molecule has 1 saturated heterocycles. The van der Waals surface area contributed by atoms with E-state index in [4.69, 9.17) is 0 Å². The Balaban J connectivity index is 2.23. The molecule has 1 aliphatic carbocycles. The van der Waals surface area contributed by atoms with Crippen molar-refractivity contribution in [2.75, 3.05) is 13.6 Å². The fourth-order valence-electron chi connectivity index (χ4n) is 1.84. The number of likely N-dealkylation sites (N-methyl/N-ethyl adjacent to an activating group) is 1. The number of allylic oxidation sites excluding steroid dienone is 2. The molecule has 1 atom stereocenters. The van der Waals surface area contributed by atoms with Crippen LogP contribution in [0.15, 0.2) is 23.8 Å². The van der Waals surface area contributed by atoms with Crippen molar-refractivity contribution in [3.8, 4) is 0 Å². The van der Waals surface area contributed by atoms with E-state index in [0.29, 0.717) is 0 Å². The van der Waals surface area contributed by atoms with Gasteiger partial charge in [-0.1, -0.05) is 23.8 Å². The van der Waals surface area contributed by atoms with Crippen LogP contribution < -0.4 is 0 Å². The monoisotopic (exact) mass is 135 g/mol. The molecule has 0 aromatic rings. The van der Waals surface area contributed by atoms with Gasteiger partial charge in [-0.05, 0) is 19.9 Å². The molecule has 0 bridgehead atoms. The van der Waals surface area contributed by atoms with Crippen LogP contribution in [0.1, 0.15) is 12.8 Å². The molecule has 0 aromatic heterocycles. The molecule has 2 rings (SSSR count). The van der Waals surface area contributed by atoms with Crippen molar-refractivity contribution in [3.05, 3.63) is 23.8 Å². The number of likely N-dealkylation sites (tertiary alicyclic amines) is 1. The standard InChI is InChI=1S/C9H13N/c1-10-7-6-8-4-2-3-5-9(8)10/h2-4,9H,5-7H2,1H3. The van der Waals surface area contributed by atoms with Gasteiger partial charge in [0, 0.05) is 12.6 Å². The summed E-state index contributed by atoms with van der Waals surface area (Å²) in [6.45, 7) is 1.25. The van der Waals surface area contributed by atoms with Gasteiger partial charge in [0.25, 0.3) is 0 Å². The van der Waals surface area contributed by atoms with Crippen LogP contribution in [-0.2, 0) is 0 Å². The summed E-state index contributed by atoms with van der Waals surface area (Å²) in [5.74, 6) is 0. The molecule has 1 unspecified atom stereocenters. The topological polar surface area (TPSA) is 3.24 Å². The van der Waals surface area contributed by atoms with E-state index in [1.807, 2.05) is 0 Å². The Kier molecular flexibility index (Phi) is 1.38. The number of rotatable bonds is 0. The summed E-state index contributed by atoms with van der Waals surface area (Å²) in [6.07, 6.45) is 9.23. The van der Waals surface area contributed by atoms with E-state index in [-0.39, 0.29) is 0 Å². The molecule has 0 spiro atoms. The smallest absolute Gasteiger partial charge is 0.0342 e. The number of nitrogens with zero attached hydrogens (tertiary/aromatic N) is 1. The Hall–Kier alpha value is -0.560. The van der Waals surface area contributed by atoms with Crippen molar-refractivity contribution in [1.29, 1.82) is 0 Å². The van der Waals surface area contributed by atoms with Crippen LogP contribution in [0.2, 0.25) is 0 Å². The van der Waals surface area contributed by atoms with E-state index in [1.54, 1.807) is 5.57 Å². The second kappa shape index (κ2) is 2.24. The molecule has 10 heavy (non-hydrogen) atoms. The zero-order chi connectivity index (χ0) is 6.97. The molecular formula is C9H13N. The fourth-order valence-corrected chi connectivity index (χ4v) is 1.84. The van der Waals surface area contributed by atoms with Gasteiger partial charge < -0.3 is 0 Å². The molecule has 0 saturated carbocycles. The highest BCUT2D eigenvalue weighted by Gasteiger charge is 2.25. The lowest BCUT2D eigenvalue weighted by atomic mass is 10.0. The molecule has 0 amide bonds. The predicted octanol–water partition coefficient (Wildman–Crippen LogP) is 1.58. The summed E-state index contributed by atoms with van der Waals surface area (Å²) in [4.78, 5) is 2.44. The van der Waals surface area contributed by atoms with Gasteiger partial charge in [0.2, 0.25) is 0 Å². The lowest BCUT2D eigenvalue weighted by Crippen LogP contribution is -2.25. The maximum Gasteiger partial charge on any atom is 0.0342 e. The summed E-state index contributed by atoms with van der Waals surface area (Å²) in [5.41, 5.74) is 1.63. The van der Waals surface area contributed by atoms with Crippen molar-refractivity contribution in [1.82, 2.24) is 4.90 Å². The molecule has 1 heteroatoms. The van der Waals surface area contributed by atoms with Gasteiger partial charge in [0.15, 0.2) is 0 Å². The number of fused-ring (bicyclic) bond motifs is 1. The first-order valence-corrected chi connectivity index (χ1v) is 3.94. The van der Waals surface area contributed by atoms with Gasteiger partial charge in [-0.25, -0.2) is 0 Å². The van der Waals surface area contributed by atoms with Gasteiger partial charge in [-0.3, -0.25) is 4.90 Å². The van der Waals surface area contributed by atoms with Crippen LogP contribution in [0.5, 0.6) is 0 Å². The highest BCUT2D eigenvalue weighted by atomic mass is 15.1. The predicted molar refractivity (Wildman–Crippen MR) is 42.9 cm³/mol. The van der Waals surface area contributed by atoms with Gasteiger partial charge >= 0.3 is 0 Å². The van der Waals surface area contributed by atoms with Crippen LogP contribution in [-0.4, -0.2) is 24.5 Å². The molecule has 0 N–H and O–H groups in total. The SMILES string of the molecule is CN1CCC2=CC=CCC21. The van der Waals surface area contributed by atoms with Crippen LogP contribution in [0.4, 0.5) is 0 Å². The zero-order valence-electron chi connectivity index (χ0n) is 6.38. The minimum absolute atomic E-state index is 0.741. The molecule has 2 aliphatic rings. The molecule has 1 nitrogen and oxygen atoms in total. The van der Waals surface area contributed by atoms with E-state index >= 15 is 0 Å². The van der Waals surface area contributed by atoms with Gasteiger partial charge in [-0.15, -0.1) is 0 Å². The minimum Gasteiger partial charge on any atom is -0.299 e. The molecule has 54 valence electrons. The lowest BCUT2D eigenvalue weighted by molar-refractivity contribution is 0.330. The zero-order valence-corrected chi connectivity index (χ0v) is 6.38.